The third kappa shape index (κ3) is 4.82. The third-order valence-corrected chi connectivity index (χ3v) is 3.12. The Balaban J connectivity index is 1.83. The zero-order valence-corrected chi connectivity index (χ0v) is 13.3. The quantitative estimate of drug-likeness (QED) is 0.582. The van der Waals surface area contributed by atoms with Gasteiger partial charge in [0.2, 0.25) is 0 Å². The molecule has 0 saturated heterocycles. The van der Waals surface area contributed by atoms with E-state index in [1.54, 1.807) is 18.2 Å². The summed E-state index contributed by atoms with van der Waals surface area (Å²) in [7, 11) is 0. The molecular formula is C15H14ClFN4O3. The summed E-state index contributed by atoms with van der Waals surface area (Å²) < 4.78 is 18.6. The molecule has 0 fully saturated rings. The summed E-state index contributed by atoms with van der Waals surface area (Å²) >= 11 is 5.79. The average molecular weight is 353 g/mol. The minimum atomic E-state index is -1.02. The largest absolute Gasteiger partial charge is 0.478 e. The van der Waals surface area contributed by atoms with Crippen LogP contribution in [0.3, 0.4) is 0 Å². The first kappa shape index (κ1) is 17.5. The summed E-state index contributed by atoms with van der Waals surface area (Å²) in [6.45, 7) is 1.42. The Morgan fingerprint density at radius 2 is 1.96 bits per heavy atom. The molecule has 1 aromatic carbocycles. The lowest BCUT2D eigenvalue weighted by Gasteiger charge is -2.15. The molecule has 0 bridgehead atoms. The van der Waals surface area contributed by atoms with E-state index in [1.807, 2.05) is 0 Å². The van der Waals surface area contributed by atoms with Gasteiger partial charge in [0.15, 0.2) is 22.8 Å². The number of hydrogen-bond donors (Lipinski definition) is 3. The van der Waals surface area contributed by atoms with Crippen molar-refractivity contribution < 1.29 is 18.7 Å². The Kier molecular flexibility index (Phi) is 5.91. The molecular weight excluding hydrogens is 339 g/mol. The van der Waals surface area contributed by atoms with Crippen LogP contribution in [-0.2, 0) is 4.79 Å². The van der Waals surface area contributed by atoms with E-state index in [1.165, 1.54) is 31.3 Å². The third-order valence-electron chi connectivity index (χ3n) is 2.82. The molecule has 0 aliphatic rings. The van der Waals surface area contributed by atoms with Crippen molar-refractivity contribution in [2.45, 2.75) is 13.0 Å². The standard InChI is InChI=1S/C15H14ClFN4O3/c1-9(24-12-7-3-2-5-10(12)17)14(22)20-21-15(23)19-11-6-4-8-18-13(11)16/h2-9H,1H3,(H,20,22)(H2,19,21,23). The number of pyridine rings is 1. The van der Waals surface area contributed by atoms with Gasteiger partial charge in [0.05, 0.1) is 5.69 Å². The van der Waals surface area contributed by atoms with E-state index < -0.39 is 23.9 Å². The average Bonchev–Trinajstić information content (AvgIpc) is 2.56. The van der Waals surface area contributed by atoms with Crippen LogP contribution in [0.25, 0.3) is 0 Å². The lowest BCUT2D eigenvalue weighted by Crippen LogP contribution is -2.48. The fourth-order valence-electron chi connectivity index (χ4n) is 1.64. The Labute approximate surface area is 142 Å². The molecule has 0 spiro atoms. The van der Waals surface area contributed by atoms with E-state index in [4.69, 9.17) is 16.3 Å². The molecule has 9 heteroatoms. The topological polar surface area (TPSA) is 92.4 Å². The summed E-state index contributed by atoms with van der Waals surface area (Å²) in [6, 6.07) is 8.09. The highest BCUT2D eigenvalue weighted by molar-refractivity contribution is 6.32. The normalized spacial score (nSPS) is 11.3. The zero-order valence-electron chi connectivity index (χ0n) is 12.5. The van der Waals surface area contributed by atoms with Gasteiger partial charge in [-0.15, -0.1) is 0 Å². The fourth-order valence-corrected chi connectivity index (χ4v) is 1.80. The molecule has 1 aromatic heterocycles. The minimum Gasteiger partial charge on any atom is -0.478 e. The second-order valence-corrected chi connectivity index (χ2v) is 4.96. The summed E-state index contributed by atoms with van der Waals surface area (Å²) in [5.41, 5.74) is 4.56. The first-order valence-corrected chi connectivity index (χ1v) is 7.23. The Bertz CT molecular complexity index is 744. The summed E-state index contributed by atoms with van der Waals surface area (Å²) in [6.07, 6.45) is 0.443. The second kappa shape index (κ2) is 8.11. The number of nitrogens with one attached hydrogen (secondary N) is 3. The number of rotatable bonds is 4. The molecule has 1 unspecified atom stereocenters. The second-order valence-electron chi connectivity index (χ2n) is 4.60. The molecule has 0 aliphatic heterocycles. The van der Waals surface area contributed by atoms with E-state index in [-0.39, 0.29) is 16.6 Å². The monoisotopic (exact) mass is 352 g/mol. The van der Waals surface area contributed by atoms with Crippen molar-refractivity contribution in [2.24, 2.45) is 0 Å². The highest BCUT2D eigenvalue weighted by Crippen LogP contribution is 2.17. The number of hydrazine groups is 1. The van der Waals surface area contributed by atoms with Crippen LogP contribution in [0.15, 0.2) is 42.6 Å². The maximum absolute atomic E-state index is 13.5. The molecule has 1 atom stereocenters. The maximum Gasteiger partial charge on any atom is 0.338 e. The predicted octanol–water partition coefficient (Wildman–Crippen LogP) is 2.49. The van der Waals surface area contributed by atoms with Crippen LogP contribution in [0.5, 0.6) is 5.75 Å². The van der Waals surface area contributed by atoms with Crippen molar-refractivity contribution in [1.29, 1.82) is 0 Å². The number of amides is 3. The molecule has 0 radical (unpaired) electrons. The molecule has 2 rings (SSSR count). The van der Waals surface area contributed by atoms with Crippen molar-refractivity contribution in [1.82, 2.24) is 15.8 Å². The lowest BCUT2D eigenvalue weighted by atomic mass is 10.3. The predicted molar refractivity (Wildman–Crippen MR) is 86.0 cm³/mol. The first-order valence-electron chi connectivity index (χ1n) is 6.86. The van der Waals surface area contributed by atoms with Crippen LogP contribution in [0, 0.1) is 5.82 Å². The van der Waals surface area contributed by atoms with E-state index >= 15 is 0 Å². The highest BCUT2D eigenvalue weighted by Gasteiger charge is 2.17. The molecule has 24 heavy (non-hydrogen) atoms. The number of carbonyl (C=O) groups excluding carboxylic acids is 2. The van der Waals surface area contributed by atoms with Gasteiger partial charge >= 0.3 is 6.03 Å². The van der Waals surface area contributed by atoms with E-state index in [2.05, 4.69) is 21.2 Å². The molecule has 0 aliphatic carbocycles. The number of halogens is 2. The van der Waals surface area contributed by atoms with Gasteiger partial charge in [0, 0.05) is 6.20 Å². The maximum atomic E-state index is 13.5. The Morgan fingerprint density at radius 1 is 1.21 bits per heavy atom. The van der Waals surface area contributed by atoms with Gasteiger partial charge in [0.25, 0.3) is 5.91 Å². The molecule has 3 N–H and O–H groups in total. The van der Waals surface area contributed by atoms with Gasteiger partial charge < -0.3 is 10.1 Å². The molecule has 126 valence electrons. The molecule has 1 heterocycles. The Hall–Kier alpha value is -2.87. The summed E-state index contributed by atoms with van der Waals surface area (Å²) in [5, 5.41) is 2.51. The van der Waals surface area contributed by atoms with Gasteiger partial charge in [-0.05, 0) is 31.2 Å². The first-order chi connectivity index (χ1) is 11.5. The van der Waals surface area contributed by atoms with Crippen molar-refractivity contribution >= 4 is 29.2 Å². The number of benzene rings is 1. The number of para-hydroxylation sites is 1. The van der Waals surface area contributed by atoms with Crippen LogP contribution in [-0.4, -0.2) is 23.0 Å². The number of ether oxygens (including phenoxy) is 1. The summed E-state index contributed by atoms with van der Waals surface area (Å²) in [5.74, 6) is -1.31. The van der Waals surface area contributed by atoms with Crippen molar-refractivity contribution in [3.05, 3.63) is 53.6 Å². The van der Waals surface area contributed by atoms with Gasteiger partial charge in [-0.2, -0.15) is 0 Å². The van der Waals surface area contributed by atoms with Crippen LogP contribution < -0.4 is 20.9 Å². The number of nitrogens with zero attached hydrogens (tertiary/aromatic N) is 1. The minimum absolute atomic E-state index is 0.0632. The number of hydrogen-bond acceptors (Lipinski definition) is 4. The van der Waals surface area contributed by atoms with Crippen LogP contribution in [0.2, 0.25) is 5.15 Å². The van der Waals surface area contributed by atoms with Crippen LogP contribution >= 0.6 is 11.6 Å². The van der Waals surface area contributed by atoms with Crippen LogP contribution in [0.4, 0.5) is 14.9 Å². The van der Waals surface area contributed by atoms with Gasteiger partial charge in [-0.1, -0.05) is 23.7 Å². The van der Waals surface area contributed by atoms with Gasteiger partial charge in [0.1, 0.15) is 0 Å². The van der Waals surface area contributed by atoms with Crippen molar-refractivity contribution in [3.8, 4) is 5.75 Å². The molecule has 0 saturated carbocycles. The molecule has 3 amide bonds. The zero-order chi connectivity index (χ0) is 17.5. The van der Waals surface area contributed by atoms with E-state index in [0.717, 1.165) is 0 Å². The van der Waals surface area contributed by atoms with Crippen LogP contribution in [0.1, 0.15) is 6.92 Å². The SMILES string of the molecule is CC(Oc1ccccc1F)C(=O)NNC(=O)Nc1cccnc1Cl. The van der Waals surface area contributed by atoms with E-state index in [9.17, 15) is 14.0 Å². The van der Waals surface area contributed by atoms with Crippen molar-refractivity contribution in [3.63, 3.8) is 0 Å². The highest BCUT2D eigenvalue weighted by atomic mass is 35.5. The van der Waals surface area contributed by atoms with Gasteiger partial charge in [-0.3, -0.25) is 10.2 Å². The van der Waals surface area contributed by atoms with Gasteiger partial charge in [-0.25, -0.2) is 19.6 Å². The number of aromatic nitrogens is 1. The fraction of sp³-hybridized carbons (Fsp3) is 0.133. The van der Waals surface area contributed by atoms with E-state index in [0.29, 0.717) is 0 Å². The Morgan fingerprint density at radius 3 is 2.67 bits per heavy atom. The smallest absolute Gasteiger partial charge is 0.338 e. The molecule has 7 nitrogen and oxygen atoms in total. The lowest BCUT2D eigenvalue weighted by molar-refractivity contribution is -0.128. The number of anilines is 1. The molecule has 2 aromatic rings. The number of urea groups is 1. The number of carbonyl (C=O) groups is 2. The summed E-state index contributed by atoms with van der Waals surface area (Å²) in [4.78, 5) is 27.3. The van der Waals surface area contributed by atoms with Crippen molar-refractivity contribution in [2.75, 3.05) is 5.32 Å².